The molecule has 3 rings (SSSR count). The second-order valence-electron chi connectivity index (χ2n) is 6.36. The van der Waals surface area contributed by atoms with Gasteiger partial charge in [-0.2, -0.15) is 4.31 Å². The Morgan fingerprint density at radius 3 is 2.50 bits per heavy atom. The first-order chi connectivity index (χ1) is 11.4. The van der Waals surface area contributed by atoms with Crippen LogP contribution in [-0.2, 0) is 14.8 Å². The van der Waals surface area contributed by atoms with Crippen molar-refractivity contribution in [3.63, 3.8) is 0 Å². The number of nitrogens with zero attached hydrogens (tertiary/aromatic N) is 2. The predicted octanol–water partition coefficient (Wildman–Crippen LogP) is 0.799. The summed E-state index contributed by atoms with van der Waals surface area (Å²) in [6.45, 7) is 3.38. The largest absolute Gasteiger partial charge is 0.352 e. The molecule has 1 N–H and O–H groups in total. The zero-order valence-corrected chi connectivity index (χ0v) is 14.4. The van der Waals surface area contributed by atoms with Crippen LogP contribution in [0.4, 0.5) is 4.39 Å². The summed E-state index contributed by atoms with van der Waals surface area (Å²) in [6, 6.07) is 5.09. The van der Waals surface area contributed by atoms with Crippen molar-refractivity contribution in [2.75, 3.05) is 26.2 Å². The molecule has 0 unspecified atom stereocenters. The molecule has 1 aromatic rings. The molecule has 1 aliphatic carbocycles. The molecule has 6 nitrogen and oxygen atoms in total. The molecule has 0 aromatic heterocycles. The average molecular weight is 355 g/mol. The summed E-state index contributed by atoms with van der Waals surface area (Å²) in [6.07, 6.45) is 2.08. The van der Waals surface area contributed by atoms with Crippen LogP contribution in [0.1, 0.15) is 19.8 Å². The Kier molecular flexibility index (Phi) is 4.89. The van der Waals surface area contributed by atoms with Gasteiger partial charge in [0.15, 0.2) is 0 Å². The first-order valence-electron chi connectivity index (χ1n) is 8.18. The number of carbonyl (C=O) groups excluding carboxylic acids is 1. The van der Waals surface area contributed by atoms with E-state index in [1.165, 1.54) is 22.5 Å². The third-order valence-electron chi connectivity index (χ3n) is 4.56. The summed E-state index contributed by atoms with van der Waals surface area (Å²) in [5.74, 6) is -0.570. The predicted molar refractivity (Wildman–Crippen MR) is 87.4 cm³/mol. The molecule has 1 aromatic carbocycles. The van der Waals surface area contributed by atoms with Crippen molar-refractivity contribution in [3.05, 3.63) is 30.1 Å². The molecule has 1 aliphatic heterocycles. The maximum absolute atomic E-state index is 13.3. The molecule has 0 spiro atoms. The van der Waals surface area contributed by atoms with E-state index in [0.29, 0.717) is 32.2 Å². The zero-order chi connectivity index (χ0) is 17.3. The van der Waals surface area contributed by atoms with Crippen LogP contribution in [0, 0.1) is 5.82 Å². The van der Waals surface area contributed by atoms with Crippen LogP contribution in [0.25, 0.3) is 0 Å². The van der Waals surface area contributed by atoms with Crippen molar-refractivity contribution in [2.45, 2.75) is 36.7 Å². The standard InChI is InChI=1S/C16H22FN3O3S/c1-12(16(21)18-14-5-6-14)19-7-9-20(10-8-19)24(22,23)15-4-2-3-13(17)11-15/h2-4,11-12,14H,5-10H2,1H3,(H,18,21)/t12-/m0/s1. The van der Waals surface area contributed by atoms with Crippen LogP contribution in [0.15, 0.2) is 29.2 Å². The fourth-order valence-electron chi connectivity index (χ4n) is 2.82. The summed E-state index contributed by atoms with van der Waals surface area (Å²) >= 11 is 0. The number of benzene rings is 1. The second-order valence-corrected chi connectivity index (χ2v) is 8.29. The van der Waals surface area contributed by atoms with Crippen molar-refractivity contribution >= 4 is 15.9 Å². The molecule has 1 heterocycles. The van der Waals surface area contributed by atoms with E-state index in [1.807, 2.05) is 11.8 Å². The van der Waals surface area contributed by atoms with Crippen LogP contribution >= 0.6 is 0 Å². The van der Waals surface area contributed by atoms with Gasteiger partial charge in [0.2, 0.25) is 15.9 Å². The molecule has 1 atom stereocenters. The Bertz CT molecular complexity index is 713. The molecule has 1 saturated carbocycles. The van der Waals surface area contributed by atoms with E-state index in [1.54, 1.807) is 0 Å². The topological polar surface area (TPSA) is 69.7 Å². The van der Waals surface area contributed by atoms with Gasteiger partial charge in [0.05, 0.1) is 10.9 Å². The van der Waals surface area contributed by atoms with Crippen molar-refractivity contribution in [3.8, 4) is 0 Å². The van der Waals surface area contributed by atoms with E-state index in [0.717, 1.165) is 18.9 Å². The third-order valence-corrected chi connectivity index (χ3v) is 6.45. The number of sulfonamides is 1. The Hall–Kier alpha value is -1.51. The lowest BCUT2D eigenvalue weighted by Crippen LogP contribution is -2.55. The minimum absolute atomic E-state index is 0.000984. The van der Waals surface area contributed by atoms with E-state index in [9.17, 15) is 17.6 Å². The maximum atomic E-state index is 13.3. The fraction of sp³-hybridized carbons (Fsp3) is 0.562. The van der Waals surface area contributed by atoms with Crippen LogP contribution in [0.2, 0.25) is 0 Å². The van der Waals surface area contributed by atoms with E-state index in [4.69, 9.17) is 0 Å². The molecule has 132 valence electrons. The van der Waals surface area contributed by atoms with Gasteiger partial charge in [-0.25, -0.2) is 12.8 Å². The van der Waals surface area contributed by atoms with Gasteiger partial charge < -0.3 is 5.32 Å². The van der Waals surface area contributed by atoms with E-state index in [2.05, 4.69) is 5.32 Å². The third kappa shape index (κ3) is 3.76. The van der Waals surface area contributed by atoms with E-state index < -0.39 is 15.8 Å². The molecule has 1 amide bonds. The monoisotopic (exact) mass is 355 g/mol. The number of rotatable bonds is 5. The summed E-state index contributed by atoms with van der Waals surface area (Å²) < 4.78 is 39.8. The molecular formula is C16H22FN3O3S. The highest BCUT2D eigenvalue weighted by atomic mass is 32.2. The van der Waals surface area contributed by atoms with Crippen molar-refractivity contribution in [1.29, 1.82) is 0 Å². The molecule has 0 radical (unpaired) electrons. The van der Waals surface area contributed by atoms with Crippen LogP contribution in [0.5, 0.6) is 0 Å². The lowest BCUT2D eigenvalue weighted by atomic mass is 10.2. The number of hydrogen-bond donors (Lipinski definition) is 1. The van der Waals surface area contributed by atoms with Crippen molar-refractivity contribution < 1.29 is 17.6 Å². The van der Waals surface area contributed by atoms with Gasteiger partial charge in [-0.1, -0.05) is 6.07 Å². The summed E-state index contributed by atoms with van der Waals surface area (Å²) in [5.41, 5.74) is 0. The van der Waals surface area contributed by atoms with E-state index >= 15 is 0 Å². The molecule has 24 heavy (non-hydrogen) atoms. The van der Waals surface area contributed by atoms with Crippen molar-refractivity contribution in [2.24, 2.45) is 0 Å². The molecular weight excluding hydrogens is 333 g/mol. The Morgan fingerprint density at radius 2 is 1.92 bits per heavy atom. The highest BCUT2D eigenvalue weighted by Gasteiger charge is 2.33. The van der Waals surface area contributed by atoms with Gasteiger partial charge in [-0.15, -0.1) is 0 Å². The zero-order valence-electron chi connectivity index (χ0n) is 13.6. The first-order valence-corrected chi connectivity index (χ1v) is 9.62. The summed E-state index contributed by atoms with van der Waals surface area (Å²) in [7, 11) is -3.70. The van der Waals surface area contributed by atoms with Gasteiger partial charge in [0, 0.05) is 32.2 Å². The van der Waals surface area contributed by atoms with Crippen molar-refractivity contribution in [1.82, 2.24) is 14.5 Å². The first kappa shape index (κ1) is 17.3. The van der Waals surface area contributed by atoms with Gasteiger partial charge in [-0.3, -0.25) is 9.69 Å². The highest BCUT2D eigenvalue weighted by molar-refractivity contribution is 7.89. The number of hydrogen-bond acceptors (Lipinski definition) is 4. The smallest absolute Gasteiger partial charge is 0.243 e. The Balaban J connectivity index is 1.60. The maximum Gasteiger partial charge on any atom is 0.243 e. The minimum atomic E-state index is -3.70. The lowest BCUT2D eigenvalue weighted by molar-refractivity contribution is -0.126. The number of nitrogens with one attached hydrogen (secondary N) is 1. The normalized spacial score (nSPS) is 21.4. The van der Waals surface area contributed by atoms with Crippen LogP contribution in [-0.4, -0.2) is 61.8 Å². The molecule has 2 fully saturated rings. The minimum Gasteiger partial charge on any atom is -0.352 e. The van der Waals surface area contributed by atoms with E-state index in [-0.39, 0.29) is 16.8 Å². The number of amides is 1. The highest BCUT2D eigenvalue weighted by Crippen LogP contribution is 2.21. The number of halogens is 1. The van der Waals surface area contributed by atoms with Gasteiger partial charge in [0.25, 0.3) is 0 Å². The molecule has 0 bridgehead atoms. The Labute approximate surface area is 141 Å². The Morgan fingerprint density at radius 1 is 1.25 bits per heavy atom. The summed E-state index contributed by atoms with van der Waals surface area (Å²) in [4.78, 5) is 14.1. The summed E-state index contributed by atoms with van der Waals surface area (Å²) in [5, 5.41) is 2.97. The van der Waals surface area contributed by atoms with Gasteiger partial charge in [-0.05, 0) is 38.0 Å². The number of piperazine rings is 1. The van der Waals surface area contributed by atoms with Gasteiger partial charge >= 0.3 is 0 Å². The number of carbonyl (C=O) groups is 1. The molecule has 1 saturated heterocycles. The molecule has 8 heteroatoms. The van der Waals surface area contributed by atoms with Gasteiger partial charge in [0.1, 0.15) is 5.82 Å². The molecule has 2 aliphatic rings. The average Bonchev–Trinajstić information content (AvgIpc) is 3.38. The quantitative estimate of drug-likeness (QED) is 0.848. The lowest BCUT2D eigenvalue weighted by Gasteiger charge is -2.36. The SMILES string of the molecule is C[C@@H](C(=O)NC1CC1)N1CCN(S(=O)(=O)c2cccc(F)c2)CC1. The van der Waals surface area contributed by atoms with Crippen LogP contribution in [0.3, 0.4) is 0 Å². The fourth-order valence-corrected chi connectivity index (χ4v) is 4.28. The second kappa shape index (κ2) is 6.78. The van der Waals surface area contributed by atoms with Crippen LogP contribution < -0.4 is 5.32 Å².